The van der Waals surface area contributed by atoms with Crippen molar-refractivity contribution in [3.63, 3.8) is 0 Å². The summed E-state index contributed by atoms with van der Waals surface area (Å²) in [4.78, 5) is 10.2. The van der Waals surface area contributed by atoms with Crippen molar-refractivity contribution in [3.8, 4) is 0 Å². The van der Waals surface area contributed by atoms with E-state index in [4.69, 9.17) is 0 Å². The molecule has 0 radical (unpaired) electrons. The van der Waals surface area contributed by atoms with Gasteiger partial charge in [0.25, 0.3) is 0 Å². The van der Waals surface area contributed by atoms with Gasteiger partial charge in [0, 0.05) is 6.42 Å². The third-order valence-corrected chi connectivity index (χ3v) is 2.80. The summed E-state index contributed by atoms with van der Waals surface area (Å²) in [5, 5.41) is 0. The Kier molecular flexibility index (Phi) is 3.60. The molecule has 0 amide bonds. The molecule has 0 saturated carbocycles. The average molecular weight is 245 g/mol. The van der Waals surface area contributed by atoms with E-state index >= 15 is 0 Å². The fourth-order valence-corrected chi connectivity index (χ4v) is 1.84. The van der Waals surface area contributed by atoms with Crippen LogP contribution in [0.15, 0.2) is 16.6 Å². The summed E-state index contributed by atoms with van der Waals surface area (Å²) in [6.45, 7) is 1.91. The molecule has 0 saturated heterocycles. The first-order valence-corrected chi connectivity index (χ1v) is 4.83. The van der Waals surface area contributed by atoms with E-state index in [2.05, 4.69) is 15.9 Å². The molecule has 0 aromatic heterocycles. The van der Waals surface area contributed by atoms with Crippen LogP contribution in [0, 0.1) is 12.7 Å². The van der Waals surface area contributed by atoms with E-state index in [1.165, 1.54) is 6.07 Å². The van der Waals surface area contributed by atoms with Crippen LogP contribution in [0.2, 0.25) is 0 Å². The number of hydrogen-bond donors (Lipinski definition) is 0. The van der Waals surface area contributed by atoms with Gasteiger partial charge in [0.2, 0.25) is 0 Å². The molecule has 1 nitrogen and oxygen atoms in total. The fraction of sp³-hybridized carbons (Fsp3) is 0.300. The minimum Gasteiger partial charge on any atom is -0.303 e. The Morgan fingerprint density at radius 2 is 2.23 bits per heavy atom. The van der Waals surface area contributed by atoms with Gasteiger partial charge in [0.15, 0.2) is 0 Å². The van der Waals surface area contributed by atoms with Crippen molar-refractivity contribution in [1.82, 2.24) is 0 Å². The second kappa shape index (κ2) is 4.51. The largest absolute Gasteiger partial charge is 0.303 e. The lowest BCUT2D eigenvalue weighted by Gasteiger charge is -2.06. The topological polar surface area (TPSA) is 17.1 Å². The van der Waals surface area contributed by atoms with Crippen molar-refractivity contribution < 1.29 is 9.18 Å². The van der Waals surface area contributed by atoms with Crippen molar-refractivity contribution in [2.24, 2.45) is 0 Å². The second-order valence-electron chi connectivity index (χ2n) is 2.86. The summed E-state index contributed by atoms with van der Waals surface area (Å²) in [5.74, 6) is -0.272. The van der Waals surface area contributed by atoms with Crippen molar-refractivity contribution in [2.75, 3.05) is 0 Å². The summed E-state index contributed by atoms with van der Waals surface area (Å²) in [6, 6.07) is 3.14. The van der Waals surface area contributed by atoms with E-state index in [-0.39, 0.29) is 5.82 Å². The fourth-order valence-electron chi connectivity index (χ4n) is 1.20. The Bertz CT molecular complexity index is 323. The number of hydrogen-bond acceptors (Lipinski definition) is 1. The highest BCUT2D eigenvalue weighted by molar-refractivity contribution is 9.10. The highest BCUT2D eigenvalue weighted by Gasteiger charge is 2.07. The molecule has 0 aliphatic rings. The molecule has 0 aliphatic heterocycles. The molecule has 0 aliphatic carbocycles. The lowest BCUT2D eigenvalue weighted by molar-refractivity contribution is -0.107. The Labute approximate surface area is 85.1 Å². The molecule has 1 aromatic carbocycles. The van der Waals surface area contributed by atoms with E-state index < -0.39 is 0 Å². The first-order chi connectivity index (χ1) is 6.16. The van der Waals surface area contributed by atoms with Crippen LogP contribution in [0.3, 0.4) is 0 Å². The molecule has 0 bridgehead atoms. The van der Waals surface area contributed by atoms with Crippen LogP contribution in [0.25, 0.3) is 0 Å². The lowest BCUT2D eigenvalue weighted by Crippen LogP contribution is -1.94. The number of aryl methyl sites for hydroxylation is 1. The third kappa shape index (κ3) is 2.37. The summed E-state index contributed by atoms with van der Waals surface area (Å²) < 4.78 is 13.5. The summed E-state index contributed by atoms with van der Waals surface area (Å²) in [6.07, 6.45) is 1.87. The number of benzene rings is 1. The lowest BCUT2D eigenvalue weighted by atomic mass is 10.0. The van der Waals surface area contributed by atoms with Crippen molar-refractivity contribution >= 4 is 22.2 Å². The van der Waals surface area contributed by atoms with Crippen molar-refractivity contribution in [1.29, 1.82) is 0 Å². The predicted molar refractivity (Wildman–Crippen MR) is 53.2 cm³/mol. The molecule has 70 valence electrons. The Hall–Kier alpha value is -0.700. The monoisotopic (exact) mass is 244 g/mol. The zero-order chi connectivity index (χ0) is 9.84. The maximum Gasteiger partial charge on any atom is 0.137 e. The van der Waals surface area contributed by atoms with Crippen LogP contribution in [0.1, 0.15) is 17.5 Å². The van der Waals surface area contributed by atoms with E-state index in [1.54, 1.807) is 6.07 Å². The minimum absolute atomic E-state index is 0.272. The minimum atomic E-state index is -0.272. The SMILES string of the molecule is Cc1ccc(F)c(Br)c1CCC=O. The quantitative estimate of drug-likeness (QED) is 0.748. The summed E-state index contributed by atoms with van der Waals surface area (Å²) in [5.41, 5.74) is 1.89. The molecular formula is C10H10BrFO. The van der Waals surface area contributed by atoms with Gasteiger partial charge >= 0.3 is 0 Å². The van der Waals surface area contributed by atoms with Crippen LogP contribution in [0.4, 0.5) is 4.39 Å². The van der Waals surface area contributed by atoms with Gasteiger partial charge < -0.3 is 4.79 Å². The normalized spacial score (nSPS) is 10.1. The van der Waals surface area contributed by atoms with Crippen LogP contribution < -0.4 is 0 Å². The zero-order valence-electron chi connectivity index (χ0n) is 7.31. The number of carbonyl (C=O) groups is 1. The number of rotatable bonds is 3. The highest BCUT2D eigenvalue weighted by atomic mass is 79.9. The van der Waals surface area contributed by atoms with Gasteiger partial charge in [-0.3, -0.25) is 0 Å². The van der Waals surface area contributed by atoms with Crippen LogP contribution in [-0.4, -0.2) is 6.29 Å². The van der Waals surface area contributed by atoms with Gasteiger partial charge in [0.05, 0.1) is 4.47 Å². The maximum atomic E-state index is 13.1. The molecular weight excluding hydrogens is 235 g/mol. The molecule has 0 unspecified atom stereocenters. The molecule has 13 heavy (non-hydrogen) atoms. The second-order valence-corrected chi connectivity index (χ2v) is 3.66. The first kappa shape index (κ1) is 10.4. The Morgan fingerprint density at radius 1 is 1.54 bits per heavy atom. The van der Waals surface area contributed by atoms with Crippen molar-refractivity contribution in [2.45, 2.75) is 19.8 Å². The number of carbonyl (C=O) groups excluding carboxylic acids is 1. The van der Waals surface area contributed by atoms with Crippen LogP contribution in [0.5, 0.6) is 0 Å². The average Bonchev–Trinajstić information content (AvgIpc) is 2.12. The van der Waals surface area contributed by atoms with Crippen LogP contribution >= 0.6 is 15.9 Å². The molecule has 0 heterocycles. The van der Waals surface area contributed by atoms with E-state index in [0.29, 0.717) is 17.3 Å². The molecule has 1 aromatic rings. The molecule has 0 N–H and O–H groups in total. The van der Waals surface area contributed by atoms with E-state index in [0.717, 1.165) is 17.4 Å². The predicted octanol–water partition coefficient (Wildman–Crippen LogP) is 3.03. The van der Waals surface area contributed by atoms with E-state index in [9.17, 15) is 9.18 Å². The van der Waals surface area contributed by atoms with E-state index in [1.807, 2.05) is 6.92 Å². The Balaban J connectivity index is 3.02. The smallest absolute Gasteiger partial charge is 0.137 e. The molecule has 3 heteroatoms. The Morgan fingerprint density at radius 3 is 2.85 bits per heavy atom. The van der Waals surface area contributed by atoms with Gasteiger partial charge in [0.1, 0.15) is 12.1 Å². The maximum absolute atomic E-state index is 13.1. The molecule has 1 rings (SSSR count). The highest BCUT2D eigenvalue weighted by Crippen LogP contribution is 2.24. The molecule has 0 fully saturated rings. The number of aldehydes is 1. The van der Waals surface area contributed by atoms with Gasteiger partial charge in [-0.15, -0.1) is 0 Å². The van der Waals surface area contributed by atoms with Gasteiger partial charge in [-0.2, -0.15) is 0 Å². The standard InChI is InChI=1S/C10H10BrFO/c1-7-4-5-9(12)10(11)8(7)3-2-6-13/h4-6H,2-3H2,1H3. The number of halogens is 2. The third-order valence-electron chi connectivity index (χ3n) is 1.94. The van der Waals surface area contributed by atoms with Gasteiger partial charge in [-0.25, -0.2) is 4.39 Å². The molecule has 0 atom stereocenters. The molecule has 0 spiro atoms. The van der Waals surface area contributed by atoms with Gasteiger partial charge in [-0.05, 0) is 46.5 Å². The summed E-state index contributed by atoms with van der Waals surface area (Å²) >= 11 is 3.17. The van der Waals surface area contributed by atoms with Crippen LogP contribution in [-0.2, 0) is 11.2 Å². The summed E-state index contributed by atoms with van der Waals surface area (Å²) in [7, 11) is 0. The van der Waals surface area contributed by atoms with Gasteiger partial charge in [-0.1, -0.05) is 6.07 Å². The van der Waals surface area contributed by atoms with Crippen molar-refractivity contribution in [3.05, 3.63) is 33.5 Å². The first-order valence-electron chi connectivity index (χ1n) is 4.04. The zero-order valence-corrected chi connectivity index (χ0v) is 8.90.